The molecule has 0 spiro atoms. The number of carboxylic acid groups (broad SMARTS) is 1. The van der Waals surface area contributed by atoms with E-state index in [1.165, 1.54) is 19.2 Å². The minimum Gasteiger partial charge on any atom is -0.478 e. The SMILES string of the molecule is COC(=O)CCCCC(=O)Nc1cc(Br)ccc1C(=O)O. The number of carbonyl (C=O) groups is 3. The van der Waals surface area contributed by atoms with Gasteiger partial charge in [-0.3, -0.25) is 9.59 Å². The standard InChI is InChI=1S/C14H16BrNO5/c1-21-13(18)5-3-2-4-12(17)16-11-8-9(15)6-7-10(11)14(19)20/h6-8H,2-5H2,1H3,(H,16,17)(H,19,20). The lowest BCUT2D eigenvalue weighted by Crippen LogP contribution is -2.14. The average Bonchev–Trinajstić information content (AvgIpc) is 2.43. The lowest BCUT2D eigenvalue weighted by Gasteiger charge is -2.09. The number of unbranched alkanes of at least 4 members (excludes halogenated alkanes) is 1. The van der Waals surface area contributed by atoms with Crippen molar-refractivity contribution in [3.8, 4) is 0 Å². The summed E-state index contributed by atoms with van der Waals surface area (Å²) in [5.74, 6) is -1.71. The van der Waals surface area contributed by atoms with E-state index < -0.39 is 5.97 Å². The zero-order valence-electron chi connectivity index (χ0n) is 11.5. The van der Waals surface area contributed by atoms with Crippen molar-refractivity contribution >= 4 is 39.5 Å². The predicted octanol–water partition coefficient (Wildman–Crippen LogP) is 2.82. The van der Waals surface area contributed by atoms with Crippen LogP contribution in [-0.2, 0) is 14.3 Å². The van der Waals surface area contributed by atoms with Gasteiger partial charge in [0.25, 0.3) is 0 Å². The van der Waals surface area contributed by atoms with Crippen LogP contribution in [0.25, 0.3) is 0 Å². The van der Waals surface area contributed by atoms with Gasteiger partial charge in [-0.2, -0.15) is 0 Å². The van der Waals surface area contributed by atoms with Gasteiger partial charge in [-0.25, -0.2) is 4.79 Å². The third kappa shape index (κ3) is 5.95. The first-order valence-corrected chi connectivity index (χ1v) is 7.13. The molecule has 0 atom stereocenters. The van der Waals surface area contributed by atoms with Crippen LogP contribution in [0.5, 0.6) is 0 Å². The maximum Gasteiger partial charge on any atom is 0.337 e. The minimum absolute atomic E-state index is 0.0288. The molecule has 0 aliphatic heterocycles. The number of hydrogen-bond acceptors (Lipinski definition) is 4. The molecule has 0 saturated carbocycles. The number of carboxylic acids is 1. The number of hydrogen-bond donors (Lipinski definition) is 2. The van der Waals surface area contributed by atoms with Gasteiger partial charge in [0.05, 0.1) is 18.4 Å². The third-order valence-electron chi connectivity index (χ3n) is 2.75. The number of nitrogens with one attached hydrogen (secondary N) is 1. The molecule has 2 N–H and O–H groups in total. The monoisotopic (exact) mass is 357 g/mol. The van der Waals surface area contributed by atoms with E-state index in [9.17, 15) is 14.4 Å². The van der Waals surface area contributed by atoms with Gasteiger partial charge in [0.15, 0.2) is 0 Å². The van der Waals surface area contributed by atoms with Crippen LogP contribution in [0.15, 0.2) is 22.7 Å². The predicted molar refractivity (Wildman–Crippen MR) is 80.2 cm³/mol. The second kappa shape index (κ2) is 8.41. The first-order chi connectivity index (χ1) is 9.93. The molecule has 1 aromatic carbocycles. The van der Waals surface area contributed by atoms with Crippen molar-refractivity contribution in [1.82, 2.24) is 0 Å². The Labute approximate surface area is 130 Å². The Morgan fingerprint density at radius 3 is 2.52 bits per heavy atom. The molecule has 0 unspecified atom stereocenters. The van der Waals surface area contributed by atoms with E-state index in [0.717, 1.165) is 0 Å². The molecule has 0 fully saturated rings. The number of methoxy groups -OCH3 is 1. The summed E-state index contributed by atoms with van der Waals surface area (Å²) in [5, 5.41) is 11.6. The Hall–Kier alpha value is -1.89. The van der Waals surface area contributed by atoms with Crippen molar-refractivity contribution < 1.29 is 24.2 Å². The molecule has 0 saturated heterocycles. The molecule has 0 aliphatic carbocycles. The maximum atomic E-state index is 11.8. The fraction of sp³-hybridized carbons (Fsp3) is 0.357. The van der Waals surface area contributed by atoms with Crippen molar-refractivity contribution in [2.45, 2.75) is 25.7 Å². The third-order valence-corrected chi connectivity index (χ3v) is 3.24. The van der Waals surface area contributed by atoms with Crippen molar-refractivity contribution in [2.24, 2.45) is 0 Å². The lowest BCUT2D eigenvalue weighted by molar-refractivity contribution is -0.140. The van der Waals surface area contributed by atoms with Crippen LogP contribution in [0.2, 0.25) is 0 Å². The number of aromatic carboxylic acids is 1. The highest BCUT2D eigenvalue weighted by molar-refractivity contribution is 9.10. The number of rotatable bonds is 7. The smallest absolute Gasteiger partial charge is 0.337 e. The molecule has 0 radical (unpaired) electrons. The van der Waals surface area contributed by atoms with E-state index in [1.807, 2.05) is 0 Å². The molecule has 21 heavy (non-hydrogen) atoms. The second-order valence-electron chi connectivity index (χ2n) is 4.33. The Morgan fingerprint density at radius 2 is 1.90 bits per heavy atom. The highest BCUT2D eigenvalue weighted by Crippen LogP contribution is 2.22. The first kappa shape index (κ1) is 17.2. The van der Waals surface area contributed by atoms with E-state index in [2.05, 4.69) is 26.0 Å². The number of esters is 1. The topological polar surface area (TPSA) is 92.7 Å². The van der Waals surface area contributed by atoms with Crippen LogP contribution in [0, 0.1) is 0 Å². The summed E-state index contributed by atoms with van der Waals surface area (Å²) in [7, 11) is 1.32. The summed E-state index contributed by atoms with van der Waals surface area (Å²) in [6.07, 6.45) is 1.55. The van der Waals surface area contributed by atoms with E-state index >= 15 is 0 Å². The minimum atomic E-state index is -1.11. The molecule has 1 amide bonds. The highest BCUT2D eigenvalue weighted by Gasteiger charge is 2.13. The molecule has 0 aliphatic rings. The second-order valence-corrected chi connectivity index (χ2v) is 5.24. The number of ether oxygens (including phenoxy) is 1. The van der Waals surface area contributed by atoms with Gasteiger partial charge in [0, 0.05) is 17.3 Å². The quantitative estimate of drug-likeness (QED) is 0.578. The summed E-state index contributed by atoms with van der Waals surface area (Å²) < 4.78 is 5.17. The summed E-state index contributed by atoms with van der Waals surface area (Å²) in [6, 6.07) is 4.55. The lowest BCUT2D eigenvalue weighted by atomic mass is 10.1. The Bertz CT molecular complexity index is 544. The molecule has 1 aromatic rings. The summed E-state index contributed by atoms with van der Waals surface area (Å²) in [6.45, 7) is 0. The van der Waals surface area contributed by atoms with E-state index in [0.29, 0.717) is 17.3 Å². The summed E-state index contributed by atoms with van der Waals surface area (Å²) >= 11 is 3.23. The maximum absolute atomic E-state index is 11.8. The van der Waals surface area contributed by atoms with Gasteiger partial charge < -0.3 is 15.2 Å². The molecule has 6 nitrogen and oxygen atoms in total. The van der Waals surface area contributed by atoms with Crippen LogP contribution in [0.4, 0.5) is 5.69 Å². The van der Waals surface area contributed by atoms with Gasteiger partial charge in [0.1, 0.15) is 0 Å². The van der Waals surface area contributed by atoms with E-state index in [1.54, 1.807) is 6.07 Å². The highest BCUT2D eigenvalue weighted by atomic mass is 79.9. The van der Waals surface area contributed by atoms with Crippen LogP contribution < -0.4 is 5.32 Å². The molecule has 114 valence electrons. The Morgan fingerprint density at radius 1 is 1.24 bits per heavy atom. The number of halogens is 1. The first-order valence-electron chi connectivity index (χ1n) is 6.33. The molecule has 7 heteroatoms. The molecule has 1 rings (SSSR count). The largest absolute Gasteiger partial charge is 0.478 e. The normalized spacial score (nSPS) is 10.0. The van der Waals surface area contributed by atoms with Crippen LogP contribution in [0.1, 0.15) is 36.0 Å². The van der Waals surface area contributed by atoms with Crippen LogP contribution in [-0.4, -0.2) is 30.1 Å². The number of amides is 1. The van der Waals surface area contributed by atoms with E-state index in [4.69, 9.17) is 5.11 Å². The number of benzene rings is 1. The van der Waals surface area contributed by atoms with Gasteiger partial charge in [-0.15, -0.1) is 0 Å². The van der Waals surface area contributed by atoms with Gasteiger partial charge in [-0.05, 0) is 31.0 Å². The van der Waals surface area contributed by atoms with Gasteiger partial charge in [0.2, 0.25) is 5.91 Å². The van der Waals surface area contributed by atoms with Crippen molar-refractivity contribution in [3.05, 3.63) is 28.2 Å². The zero-order valence-corrected chi connectivity index (χ0v) is 13.1. The van der Waals surface area contributed by atoms with Crippen LogP contribution in [0.3, 0.4) is 0 Å². The Kier molecular flexibility index (Phi) is 6.87. The van der Waals surface area contributed by atoms with Crippen molar-refractivity contribution in [3.63, 3.8) is 0 Å². The fourth-order valence-corrected chi connectivity index (χ4v) is 2.04. The molecular weight excluding hydrogens is 342 g/mol. The number of anilines is 1. The molecule has 0 aromatic heterocycles. The molecule has 0 heterocycles. The van der Waals surface area contributed by atoms with Gasteiger partial charge in [-0.1, -0.05) is 15.9 Å². The van der Waals surface area contributed by atoms with E-state index in [-0.39, 0.29) is 36.0 Å². The molecular formula is C14H16BrNO5. The fourth-order valence-electron chi connectivity index (χ4n) is 1.68. The Balaban J connectivity index is 2.53. The van der Waals surface area contributed by atoms with Gasteiger partial charge >= 0.3 is 11.9 Å². The van der Waals surface area contributed by atoms with Crippen molar-refractivity contribution in [1.29, 1.82) is 0 Å². The zero-order chi connectivity index (χ0) is 15.8. The number of carbonyl (C=O) groups excluding carboxylic acids is 2. The van der Waals surface area contributed by atoms with Crippen molar-refractivity contribution in [2.75, 3.05) is 12.4 Å². The average molecular weight is 358 g/mol. The molecule has 0 bridgehead atoms. The summed E-state index contributed by atoms with van der Waals surface area (Å²) in [5.41, 5.74) is 0.274. The van der Waals surface area contributed by atoms with Crippen LogP contribution >= 0.6 is 15.9 Å². The summed E-state index contributed by atoms with van der Waals surface area (Å²) in [4.78, 5) is 33.8.